The number of hydrogen-bond acceptors (Lipinski definition) is 9. The third-order valence-corrected chi connectivity index (χ3v) is 6.33. The highest BCUT2D eigenvalue weighted by molar-refractivity contribution is 5.96. The van der Waals surface area contributed by atoms with Crippen LogP contribution in [0.25, 0.3) is 0 Å². The average molecular weight is 580 g/mol. The molecule has 0 unspecified atom stereocenters. The van der Waals surface area contributed by atoms with E-state index in [0.29, 0.717) is 18.4 Å². The second-order valence-corrected chi connectivity index (χ2v) is 9.37. The van der Waals surface area contributed by atoms with Crippen LogP contribution in [0.4, 0.5) is 0 Å². The molecule has 16 heteroatoms. The van der Waals surface area contributed by atoms with E-state index in [9.17, 15) is 48.9 Å². The van der Waals surface area contributed by atoms with Crippen LogP contribution in [-0.2, 0) is 40.0 Å². The van der Waals surface area contributed by atoms with Gasteiger partial charge in [-0.1, -0.05) is 12.1 Å². The Morgan fingerprint density at radius 2 is 1.49 bits per heavy atom. The first-order valence-corrected chi connectivity index (χ1v) is 12.7. The molecule has 224 valence electrons. The number of phenolic OH excluding ortho intramolecular Hbond substituents is 1. The Kier molecular flexibility index (Phi) is 12.0. The number of carbonyl (C=O) groups is 7. The summed E-state index contributed by atoms with van der Waals surface area (Å²) in [6.45, 7) is -0.0343. The van der Waals surface area contributed by atoms with E-state index in [0.717, 1.165) is 0 Å². The fourth-order valence-electron chi connectivity index (χ4n) is 4.25. The summed E-state index contributed by atoms with van der Waals surface area (Å²) in [7, 11) is 0. The van der Waals surface area contributed by atoms with Crippen LogP contribution in [0, 0.1) is 0 Å². The SMILES string of the molecule is NCC(=O)N1CCC[C@H]1C(=O)N[C@@H](Cc1ccc(O)cc1)C(=O)N[C@@H](CC(=O)O)C(=O)N[C@@H](CCC(=O)O)C(=O)O. The number of nitrogens with two attached hydrogens (primary N) is 1. The molecule has 4 atom stereocenters. The number of rotatable bonds is 15. The van der Waals surface area contributed by atoms with E-state index in [-0.39, 0.29) is 25.3 Å². The Morgan fingerprint density at radius 3 is 2.05 bits per heavy atom. The van der Waals surface area contributed by atoms with Crippen molar-refractivity contribution in [3.63, 3.8) is 0 Å². The highest BCUT2D eigenvalue weighted by Gasteiger charge is 2.36. The molecule has 4 amide bonds. The van der Waals surface area contributed by atoms with Crippen molar-refractivity contribution in [3.8, 4) is 5.75 Å². The number of aromatic hydroxyl groups is 1. The number of aliphatic carboxylic acids is 3. The van der Waals surface area contributed by atoms with Crippen LogP contribution in [0.5, 0.6) is 5.75 Å². The summed E-state index contributed by atoms with van der Waals surface area (Å²) in [5.41, 5.74) is 5.90. The van der Waals surface area contributed by atoms with Gasteiger partial charge in [-0.25, -0.2) is 4.79 Å². The summed E-state index contributed by atoms with van der Waals surface area (Å²) in [4.78, 5) is 86.4. The number of carboxylic acids is 3. The summed E-state index contributed by atoms with van der Waals surface area (Å²) in [5.74, 6) is -7.77. The largest absolute Gasteiger partial charge is 0.508 e. The molecule has 1 aromatic rings. The average Bonchev–Trinajstić information content (AvgIpc) is 3.40. The minimum absolute atomic E-state index is 0.0604. The first-order valence-electron chi connectivity index (χ1n) is 12.7. The number of nitrogens with zero attached hydrogens (tertiary/aromatic N) is 1. The summed E-state index contributed by atoms with van der Waals surface area (Å²) in [6, 6.07) is -0.117. The zero-order valence-corrected chi connectivity index (χ0v) is 21.9. The van der Waals surface area contributed by atoms with Crippen molar-refractivity contribution < 1.29 is 54.0 Å². The number of amides is 4. The van der Waals surface area contributed by atoms with Crippen molar-refractivity contribution in [3.05, 3.63) is 29.8 Å². The normalized spacial score (nSPS) is 16.6. The van der Waals surface area contributed by atoms with E-state index in [4.69, 9.17) is 10.8 Å². The van der Waals surface area contributed by atoms with E-state index < -0.39 is 85.0 Å². The van der Waals surface area contributed by atoms with Gasteiger partial charge < -0.3 is 47.0 Å². The van der Waals surface area contributed by atoms with Gasteiger partial charge in [-0.2, -0.15) is 0 Å². The molecule has 0 spiro atoms. The lowest BCUT2D eigenvalue weighted by Crippen LogP contribution is -2.58. The molecule has 9 N–H and O–H groups in total. The van der Waals surface area contributed by atoms with Gasteiger partial charge in [0.15, 0.2) is 0 Å². The topological polar surface area (TPSA) is 266 Å². The molecular formula is C25H33N5O11. The van der Waals surface area contributed by atoms with E-state index in [1.54, 1.807) is 0 Å². The number of phenols is 1. The standard InChI is InChI=1S/C25H33N5O11/c26-12-19(32)30-9-1-2-18(30)24(39)29-16(10-13-3-5-14(31)6-4-13)22(37)28-17(11-21(35)36)23(38)27-15(25(40)41)7-8-20(33)34/h3-6,15-18,31H,1-2,7-12,26H2,(H,27,38)(H,28,37)(H,29,39)(H,33,34)(H,35,36)(H,40,41)/t15-,16-,17-,18-/m0/s1. The smallest absolute Gasteiger partial charge is 0.326 e. The molecule has 16 nitrogen and oxygen atoms in total. The Bertz CT molecular complexity index is 1160. The maximum Gasteiger partial charge on any atom is 0.326 e. The van der Waals surface area contributed by atoms with Crippen LogP contribution in [0.2, 0.25) is 0 Å². The molecule has 0 radical (unpaired) electrons. The Morgan fingerprint density at radius 1 is 0.878 bits per heavy atom. The zero-order chi connectivity index (χ0) is 30.7. The number of hydrogen-bond donors (Lipinski definition) is 8. The lowest BCUT2D eigenvalue weighted by atomic mass is 10.0. The van der Waals surface area contributed by atoms with Gasteiger partial charge in [-0.15, -0.1) is 0 Å². The fraction of sp³-hybridized carbons (Fsp3) is 0.480. The van der Waals surface area contributed by atoms with Crippen molar-refractivity contribution in [1.29, 1.82) is 0 Å². The molecule has 0 bridgehead atoms. The Balaban J connectivity index is 2.27. The van der Waals surface area contributed by atoms with Crippen molar-refractivity contribution in [1.82, 2.24) is 20.9 Å². The molecule has 1 aliphatic heterocycles. The summed E-state index contributed by atoms with van der Waals surface area (Å²) in [5, 5.41) is 43.8. The number of likely N-dealkylation sites (tertiary alicyclic amines) is 1. The number of benzene rings is 1. The molecule has 1 aliphatic rings. The van der Waals surface area contributed by atoms with Crippen LogP contribution < -0.4 is 21.7 Å². The molecule has 0 aliphatic carbocycles. The quantitative estimate of drug-likeness (QED) is 0.110. The van der Waals surface area contributed by atoms with Crippen molar-refractivity contribution in [2.45, 2.75) is 62.7 Å². The summed E-state index contributed by atoms with van der Waals surface area (Å²) >= 11 is 0. The van der Waals surface area contributed by atoms with Crippen molar-refractivity contribution >= 4 is 41.5 Å². The van der Waals surface area contributed by atoms with E-state index in [1.807, 2.05) is 5.32 Å². The predicted molar refractivity (Wildman–Crippen MR) is 138 cm³/mol. The highest BCUT2D eigenvalue weighted by Crippen LogP contribution is 2.18. The third-order valence-electron chi connectivity index (χ3n) is 6.33. The van der Waals surface area contributed by atoms with Gasteiger partial charge in [0.2, 0.25) is 23.6 Å². The third kappa shape index (κ3) is 10.1. The van der Waals surface area contributed by atoms with Crippen molar-refractivity contribution in [2.75, 3.05) is 13.1 Å². The summed E-state index contributed by atoms with van der Waals surface area (Å²) in [6.07, 6.45) is -1.38. The van der Waals surface area contributed by atoms with Crippen LogP contribution in [-0.4, -0.2) is 104 Å². The second kappa shape index (κ2) is 15.2. The van der Waals surface area contributed by atoms with Crippen LogP contribution in [0.1, 0.15) is 37.7 Å². The van der Waals surface area contributed by atoms with Gasteiger partial charge in [0.1, 0.15) is 29.9 Å². The molecule has 0 aromatic heterocycles. The Labute approximate surface area is 233 Å². The maximum absolute atomic E-state index is 13.3. The van der Waals surface area contributed by atoms with Crippen LogP contribution in [0.15, 0.2) is 24.3 Å². The number of carboxylic acid groups (broad SMARTS) is 3. The molecule has 1 fully saturated rings. The van der Waals surface area contributed by atoms with Gasteiger partial charge >= 0.3 is 17.9 Å². The first kappa shape index (κ1) is 32.5. The van der Waals surface area contributed by atoms with E-state index >= 15 is 0 Å². The molecule has 1 heterocycles. The van der Waals surface area contributed by atoms with Gasteiger partial charge in [0, 0.05) is 19.4 Å². The lowest BCUT2D eigenvalue weighted by Gasteiger charge is -2.27. The minimum Gasteiger partial charge on any atom is -0.508 e. The van der Waals surface area contributed by atoms with Gasteiger partial charge in [0.05, 0.1) is 13.0 Å². The van der Waals surface area contributed by atoms with E-state index in [2.05, 4.69) is 10.6 Å². The molecule has 2 rings (SSSR count). The zero-order valence-electron chi connectivity index (χ0n) is 21.9. The van der Waals surface area contributed by atoms with Gasteiger partial charge in [-0.05, 0) is 37.0 Å². The predicted octanol–water partition coefficient (Wildman–Crippen LogP) is -2.24. The fourth-order valence-corrected chi connectivity index (χ4v) is 4.25. The highest BCUT2D eigenvalue weighted by atomic mass is 16.4. The molecule has 1 aromatic carbocycles. The van der Waals surface area contributed by atoms with Gasteiger partial charge in [-0.3, -0.25) is 28.8 Å². The monoisotopic (exact) mass is 579 g/mol. The van der Waals surface area contributed by atoms with Gasteiger partial charge in [0.25, 0.3) is 0 Å². The first-order chi connectivity index (χ1) is 19.3. The summed E-state index contributed by atoms with van der Waals surface area (Å²) < 4.78 is 0. The number of nitrogens with one attached hydrogen (secondary N) is 3. The molecular weight excluding hydrogens is 546 g/mol. The number of carbonyl (C=O) groups excluding carboxylic acids is 4. The second-order valence-electron chi connectivity index (χ2n) is 9.37. The minimum atomic E-state index is -1.78. The molecule has 0 saturated carbocycles. The Hall–Kier alpha value is -4.73. The lowest BCUT2D eigenvalue weighted by molar-refractivity contribution is -0.144. The van der Waals surface area contributed by atoms with Crippen molar-refractivity contribution in [2.24, 2.45) is 5.73 Å². The van der Waals surface area contributed by atoms with Crippen LogP contribution >= 0.6 is 0 Å². The maximum atomic E-state index is 13.3. The molecule has 1 saturated heterocycles. The van der Waals surface area contributed by atoms with Crippen LogP contribution in [0.3, 0.4) is 0 Å². The molecule has 41 heavy (non-hydrogen) atoms. The van der Waals surface area contributed by atoms with E-state index in [1.165, 1.54) is 29.2 Å².